The molecule has 0 aromatic rings. The van der Waals surface area contributed by atoms with Crippen molar-refractivity contribution in [1.82, 2.24) is 5.32 Å². The molecule has 1 heterocycles. The minimum absolute atomic E-state index is 0.433. The molecular formula is C16H28N2S. The van der Waals surface area contributed by atoms with Gasteiger partial charge in [-0.1, -0.05) is 50.8 Å². The highest BCUT2D eigenvalue weighted by molar-refractivity contribution is 8.14. The highest BCUT2D eigenvalue weighted by atomic mass is 32.2. The van der Waals surface area contributed by atoms with Crippen LogP contribution in [-0.4, -0.2) is 23.0 Å². The van der Waals surface area contributed by atoms with Crippen molar-refractivity contribution < 1.29 is 0 Å². The van der Waals surface area contributed by atoms with E-state index in [2.05, 4.69) is 12.2 Å². The van der Waals surface area contributed by atoms with E-state index in [0.717, 1.165) is 18.4 Å². The standard InChI is InChI=1S/C16H28N2S/c1-13-5-4-6-14(11-13)7-10-17-15-18-16(12-19-15)8-2-3-9-16/h13-14H,2-12H2,1H3,(H,17,18). The van der Waals surface area contributed by atoms with Crippen LogP contribution in [0.2, 0.25) is 0 Å². The summed E-state index contributed by atoms with van der Waals surface area (Å²) in [7, 11) is 0. The molecule has 0 amide bonds. The Morgan fingerprint density at radius 2 is 2.11 bits per heavy atom. The Morgan fingerprint density at radius 1 is 1.26 bits per heavy atom. The molecule has 1 saturated heterocycles. The van der Waals surface area contributed by atoms with E-state index < -0.39 is 0 Å². The quantitative estimate of drug-likeness (QED) is 0.837. The van der Waals surface area contributed by atoms with Crippen molar-refractivity contribution in [1.29, 1.82) is 0 Å². The van der Waals surface area contributed by atoms with E-state index in [-0.39, 0.29) is 0 Å². The molecule has 1 aliphatic heterocycles. The van der Waals surface area contributed by atoms with Crippen LogP contribution in [0.3, 0.4) is 0 Å². The van der Waals surface area contributed by atoms with Gasteiger partial charge in [0, 0.05) is 17.8 Å². The maximum atomic E-state index is 4.83. The number of nitrogens with one attached hydrogen (secondary N) is 1. The molecule has 3 heteroatoms. The minimum Gasteiger partial charge on any atom is -0.359 e. The molecule has 1 N–H and O–H groups in total. The van der Waals surface area contributed by atoms with Crippen molar-refractivity contribution in [3.8, 4) is 0 Å². The molecular weight excluding hydrogens is 252 g/mol. The molecule has 1 spiro atoms. The third-order valence-corrected chi connectivity index (χ3v) is 6.46. The molecule has 2 atom stereocenters. The molecule has 3 fully saturated rings. The Hall–Kier alpha value is -0.180. The molecule has 2 nitrogen and oxygen atoms in total. The second-order valence-corrected chi connectivity index (χ2v) is 7.98. The lowest BCUT2D eigenvalue weighted by atomic mass is 9.81. The van der Waals surface area contributed by atoms with Gasteiger partial charge in [-0.2, -0.15) is 0 Å². The Bertz CT molecular complexity index is 334. The first-order valence-corrected chi connectivity index (χ1v) is 9.20. The maximum Gasteiger partial charge on any atom is 0.157 e. The molecule has 0 aromatic heterocycles. The summed E-state index contributed by atoms with van der Waals surface area (Å²) in [4.78, 5) is 4.83. The van der Waals surface area contributed by atoms with E-state index in [0.29, 0.717) is 5.54 Å². The summed E-state index contributed by atoms with van der Waals surface area (Å²) in [5.41, 5.74) is 0.433. The summed E-state index contributed by atoms with van der Waals surface area (Å²) < 4.78 is 0. The van der Waals surface area contributed by atoms with Crippen molar-refractivity contribution in [2.75, 3.05) is 12.3 Å². The van der Waals surface area contributed by atoms with Crippen LogP contribution in [0.15, 0.2) is 4.99 Å². The first-order chi connectivity index (χ1) is 9.26. The first kappa shape index (κ1) is 13.8. The van der Waals surface area contributed by atoms with Gasteiger partial charge < -0.3 is 5.32 Å². The molecule has 108 valence electrons. The Balaban J connectivity index is 1.43. The van der Waals surface area contributed by atoms with Crippen LogP contribution in [0.25, 0.3) is 0 Å². The summed E-state index contributed by atoms with van der Waals surface area (Å²) in [6.45, 7) is 3.46. The number of hydrogen-bond acceptors (Lipinski definition) is 2. The zero-order valence-electron chi connectivity index (χ0n) is 12.3. The number of rotatable bonds is 3. The van der Waals surface area contributed by atoms with E-state index in [1.165, 1.54) is 68.7 Å². The molecule has 2 unspecified atom stereocenters. The zero-order valence-corrected chi connectivity index (χ0v) is 13.1. The molecule has 2 saturated carbocycles. The normalized spacial score (nSPS) is 35.9. The van der Waals surface area contributed by atoms with Crippen molar-refractivity contribution in [2.45, 2.75) is 70.3 Å². The van der Waals surface area contributed by atoms with Gasteiger partial charge in [-0.15, -0.1) is 0 Å². The van der Waals surface area contributed by atoms with Crippen LogP contribution < -0.4 is 5.32 Å². The van der Waals surface area contributed by atoms with E-state index >= 15 is 0 Å². The van der Waals surface area contributed by atoms with Crippen LogP contribution >= 0.6 is 11.8 Å². The second-order valence-electron chi connectivity index (χ2n) is 7.01. The van der Waals surface area contributed by atoms with Gasteiger partial charge in [0.2, 0.25) is 0 Å². The van der Waals surface area contributed by atoms with Gasteiger partial charge >= 0.3 is 0 Å². The Labute approximate surface area is 122 Å². The number of thioether (sulfide) groups is 1. The monoisotopic (exact) mass is 280 g/mol. The van der Waals surface area contributed by atoms with Crippen molar-refractivity contribution in [3.05, 3.63) is 0 Å². The summed E-state index contributed by atoms with van der Waals surface area (Å²) in [5.74, 6) is 3.15. The molecule has 0 aromatic carbocycles. The van der Waals surface area contributed by atoms with Gasteiger partial charge in [0.05, 0.1) is 0 Å². The number of aliphatic imine (C=N–C) groups is 1. The van der Waals surface area contributed by atoms with Crippen LogP contribution in [0.5, 0.6) is 0 Å². The zero-order chi connectivity index (χ0) is 13.1. The summed E-state index contributed by atoms with van der Waals surface area (Å²) >= 11 is 1.96. The van der Waals surface area contributed by atoms with E-state index in [1.807, 2.05) is 11.8 Å². The molecule has 19 heavy (non-hydrogen) atoms. The van der Waals surface area contributed by atoms with E-state index in [9.17, 15) is 0 Å². The molecule has 0 bridgehead atoms. The predicted octanol–water partition coefficient (Wildman–Crippen LogP) is 4.21. The van der Waals surface area contributed by atoms with Gasteiger partial charge in [0.25, 0.3) is 0 Å². The summed E-state index contributed by atoms with van der Waals surface area (Å²) in [5, 5.41) is 4.97. The smallest absolute Gasteiger partial charge is 0.157 e. The van der Waals surface area contributed by atoms with Crippen LogP contribution in [0, 0.1) is 11.8 Å². The maximum absolute atomic E-state index is 4.83. The van der Waals surface area contributed by atoms with Crippen molar-refractivity contribution in [2.24, 2.45) is 16.8 Å². The third kappa shape index (κ3) is 3.48. The fourth-order valence-electron chi connectivity index (χ4n) is 4.08. The second kappa shape index (κ2) is 6.07. The molecule has 3 rings (SSSR count). The van der Waals surface area contributed by atoms with E-state index in [4.69, 9.17) is 4.99 Å². The van der Waals surface area contributed by atoms with Gasteiger partial charge in [0.15, 0.2) is 5.17 Å². The minimum atomic E-state index is 0.433. The lowest BCUT2D eigenvalue weighted by Crippen LogP contribution is -2.40. The van der Waals surface area contributed by atoms with Crippen LogP contribution in [-0.2, 0) is 0 Å². The number of hydrogen-bond donors (Lipinski definition) is 1. The summed E-state index contributed by atoms with van der Waals surface area (Å²) in [6, 6.07) is 0. The fourth-order valence-corrected chi connectivity index (χ4v) is 5.33. The van der Waals surface area contributed by atoms with Gasteiger partial charge in [-0.05, 0) is 37.5 Å². The Kier molecular flexibility index (Phi) is 4.40. The molecule has 3 aliphatic rings. The van der Waals surface area contributed by atoms with Crippen molar-refractivity contribution in [3.63, 3.8) is 0 Å². The number of amidine groups is 1. The largest absolute Gasteiger partial charge is 0.359 e. The average Bonchev–Trinajstić information content (AvgIpc) is 3.01. The van der Waals surface area contributed by atoms with Gasteiger partial charge in [-0.25, -0.2) is 0 Å². The fraction of sp³-hybridized carbons (Fsp3) is 0.938. The topological polar surface area (TPSA) is 24.4 Å². The van der Waals surface area contributed by atoms with Crippen LogP contribution in [0.4, 0.5) is 0 Å². The van der Waals surface area contributed by atoms with Crippen LogP contribution in [0.1, 0.15) is 64.7 Å². The Morgan fingerprint density at radius 3 is 2.89 bits per heavy atom. The van der Waals surface area contributed by atoms with Gasteiger partial charge in [-0.3, -0.25) is 4.99 Å². The first-order valence-electron chi connectivity index (χ1n) is 8.21. The highest BCUT2D eigenvalue weighted by Crippen LogP contribution is 2.37. The lowest BCUT2D eigenvalue weighted by Gasteiger charge is -2.26. The van der Waals surface area contributed by atoms with Crippen molar-refractivity contribution >= 4 is 16.9 Å². The SMILES string of the molecule is CC1CCCC(CCN=C2NC3(CCCC3)CS2)C1. The molecule has 2 aliphatic carbocycles. The summed E-state index contributed by atoms with van der Waals surface area (Å²) in [6.07, 6.45) is 12.6. The predicted molar refractivity (Wildman–Crippen MR) is 84.8 cm³/mol. The lowest BCUT2D eigenvalue weighted by molar-refractivity contribution is 0.273. The highest BCUT2D eigenvalue weighted by Gasteiger charge is 2.39. The number of nitrogens with zero attached hydrogens (tertiary/aromatic N) is 1. The third-order valence-electron chi connectivity index (χ3n) is 5.26. The molecule has 0 radical (unpaired) electrons. The van der Waals surface area contributed by atoms with Gasteiger partial charge in [0.1, 0.15) is 0 Å². The van der Waals surface area contributed by atoms with E-state index in [1.54, 1.807) is 0 Å². The average molecular weight is 280 g/mol.